The van der Waals surface area contributed by atoms with E-state index in [1.807, 2.05) is 44.2 Å². The van der Waals surface area contributed by atoms with Crippen LogP contribution >= 0.6 is 0 Å². The maximum Gasteiger partial charge on any atom is 0.242 e. The number of amides is 2. The van der Waals surface area contributed by atoms with Crippen molar-refractivity contribution in [2.45, 2.75) is 32.7 Å². The molecule has 0 saturated heterocycles. The molecule has 1 rings (SSSR count). The third-order valence-electron chi connectivity index (χ3n) is 4.42. The number of hydrogen-bond acceptors (Lipinski definition) is 5. The minimum atomic E-state index is -0.723. The minimum Gasteiger partial charge on any atom is -0.396 e. The summed E-state index contributed by atoms with van der Waals surface area (Å²) < 4.78 is 0. The highest BCUT2D eigenvalue weighted by molar-refractivity contribution is 5.89. The topological polar surface area (TPSA) is 122 Å². The SMILES string of the molecule is CCC(C)C(NC(=O)CN)C(=O)NCC(CO)C(=O)Cc1ccccc1. The first-order valence-corrected chi connectivity index (χ1v) is 8.87. The molecule has 3 atom stereocenters. The fourth-order valence-electron chi connectivity index (χ4n) is 2.49. The van der Waals surface area contributed by atoms with Gasteiger partial charge in [0, 0.05) is 13.0 Å². The molecule has 0 saturated carbocycles. The normalized spacial score (nSPS) is 14.2. The molecule has 0 aliphatic rings. The molecule has 26 heavy (non-hydrogen) atoms. The monoisotopic (exact) mass is 363 g/mol. The maximum absolute atomic E-state index is 12.4. The van der Waals surface area contributed by atoms with Crippen LogP contribution in [0, 0.1) is 11.8 Å². The van der Waals surface area contributed by atoms with Crippen LogP contribution in [0.1, 0.15) is 25.8 Å². The Kier molecular flexibility index (Phi) is 9.54. The van der Waals surface area contributed by atoms with Gasteiger partial charge < -0.3 is 21.5 Å². The molecular formula is C19H29N3O4. The molecule has 0 fully saturated rings. The van der Waals surface area contributed by atoms with Crippen LogP contribution in [0.3, 0.4) is 0 Å². The summed E-state index contributed by atoms with van der Waals surface area (Å²) in [6.45, 7) is 3.24. The first-order chi connectivity index (χ1) is 12.4. The fraction of sp³-hybridized carbons (Fsp3) is 0.526. The Morgan fingerprint density at radius 3 is 2.38 bits per heavy atom. The van der Waals surface area contributed by atoms with Gasteiger partial charge in [-0.2, -0.15) is 0 Å². The Hall–Kier alpha value is -2.25. The molecule has 0 spiro atoms. The Morgan fingerprint density at radius 1 is 1.19 bits per heavy atom. The lowest BCUT2D eigenvalue weighted by Crippen LogP contribution is -2.52. The van der Waals surface area contributed by atoms with E-state index in [4.69, 9.17) is 5.73 Å². The molecule has 7 heteroatoms. The number of aliphatic hydroxyl groups excluding tert-OH is 1. The van der Waals surface area contributed by atoms with Crippen molar-refractivity contribution in [2.75, 3.05) is 19.7 Å². The van der Waals surface area contributed by atoms with E-state index in [0.29, 0.717) is 6.42 Å². The quantitative estimate of drug-likeness (QED) is 0.441. The van der Waals surface area contributed by atoms with Crippen molar-refractivity contribution in [3.8, 4) is 0 Å². The molecule has 0 aliphatic heterocycles. The third kappa shape index (κ3) is 6.93. The highest BCUT2D eigenvalue weighted by Crippen LogP contribution is 2.09. The number of carbonyl (C=O) groups excluding carboxylic acids is 3. The number of nitrogens with two attached hydrogens (primary N) is 1. The zero-order chi connectivity index (χ0) is 19.5. The van der Waals surface area contributed by atoms with Crippen molar-refractivity contribution in [3.05, 3.63) is 35.9 Å². The van der Waals surface area contributed by atoms with Crippen LogP contribution in [0.4, 0.5) is 0 Å². The first kappa shape index (κ1) is 21.8. The van der Waals surface area contributed by atoms with Crippen LogP contribution in [0.5, 0.6) is 0 Å². The van der Waals surface area contributed by atoms with E-state index in [9.17, 15) is 19.5 Å². The molecular weight excluding hydrogens is 334 g/mol. The molecule has 7 nitrogen and oxygen atoms in total. The van der Waals surface area contributed by atoms with E-state index in [2.05, 4.69) is 10.6 Å². The first-order valence-electron chi connectivity index (χ1n) is 8.87. The van der Waals surface area contributed by atoms with Gasteiger partial charge in [0.1, 0.15) is 11.8 Å². The zero-order valence-electron chi connectivity index (χ0n) is 15.4. The van der Waals surface area contributed by atoms with E-state index in [1.54, 1.807) is 0 Å². The van der Waals surface area contributed by atoms with Gasteiger partial charge in [-0.3, -0.25) is 14.4 Å². The summed E-state index contributed by atoms with van der Waals surface area (Å²) in [5, 5.41) is 14.8. The van der Waals surface area contributed by atoms with E-state index < -0.39 is 17.9 Å². The van der Waals surface area contributed by atoms with E-state index in [0.717, 1.165) is 5.56 Å². The number of Topliss-reactive ketones (excluding diaryl/α,β-unsaturated/α-hetero) is 1. The van der Waals surface area contributed by atoms with Crippen LogP contribution in [-0.4, -0.2) is 48.4 Å². The Balaban J connectivity index is 2.65. The summed E-state index contributed by atoms with van der Waals surface area (Å²) in [6.07, 6.45) is 0.889. The average Bonchev–Trinajstić information content (AvgIpc) is 2.66. The van der Waals surface area contributed by atoms with Crippen molar-refractivity contribution >= 4 is 17.6 Å². The number of ketones is 1. The Labute approximate surface area is 154 Å². The highest BCUT2D eigenvalue weighted by atomic mass is 16.3. The van der Waals surface area contributed by atoms with Crippen LogP contribution in [-0.2, 0) is 20.8 Å². The van der Waals surface area contributed by atoms with Gasteiger partial charge in [-0.1, -0.05) is 50.6 Å². The smallest absolute Gasteiger partial charge is 0.242 e. The van der Waals surface area contributed by atoms with Gasteiger partial charge in [-0.05, 0) is 11.5 Å². The van der Waals surface area contributed by atoms with Gasteiger partial charge in [0.15, 0.2) is 0 Å². The predicted octanol–water partition coefficient (Wildman–Crippen LogP) is 0.0125. The summed E-state index contributed by atoms with van der Waals surface area (Å²) in [5.74, 6) is -1.72. The van der Waals surface area contributed by atoms with Crippen molar-refractivity contribution in [3.63, 3.8) is 0 Å². The largest absolute Gasteiger partial charge is 0.396 e. The second-order valence-electron chi connectivity index (χ2n) is 6.39. The Bertz CT molecular complexity index is 592. The van der Waals surface area contributed by atoms with Gasteiger partial charge in [-0.15, -0.1) is 0 Å². The van der Waals surface area contributed by atoms with Crippen LogP contribution < -0.4 is 16.4 Å². The average molecular weight is 363 g/mol. The molecule has 0 aliphatic carbocycles. The van der Waals surface area contributed by atoms with Gasteiger partial charge in [-0.25, -0.2) is 0 Å². The van der Waals surface area contributed by atoms with Gasteiger partial charge in [0.05, 0.1) is 19.1 Å². The number of rotatable bonds is 11. The van der Waals surface area contributed by atoms with E-state index >= 15 is 0 Å². The van der Waals surface area contributed by atoms with Gasteiger partial charge in [0.2, 0.25) is 11.8 Å². The number of aliphatic hydroxyl groups is 1. The second kappa shape index (κ2) is 11.4. The standard InChI is InChI=1S/C19H29N3O4/c1-3-13(2)18(22-17(25)10-20)19(26)21-11-15(12-23)16(24)9-14-7-5-4-6-8-14/h4-8,13,15,18,23H,3,9-12,20H2,1-2H3,(H,21,26)(H,22,25). The van der Waals surface area contributed by atoms with Crippen molar-refractivity contribution in [2.24, 2.45) is 17.6 Å². The van der Waals surface area contributed by atoms with Crippen LogP contribution in [0.15, 0.2) is 30.3 Å². The summed E-state index contributed by atoms with van der Waals surface area (Å²) >= 11 is 0. The summed E-state index contributed by atoms with van der Waals surface area (Å²) in [7, 11) is 0. The predicted molar refractivity (Wildman–Crippen MR) is 99.2 cm³/mol. The number of benzene rings is 1. The molecule has 0 radical (unpaired) electrons. The molecule has 0 heterocycles. The van der Waals surface area contributed by atoms with E-state index in [1.165, 1.54) is 0 Å². The highest BCUT2D eigenvalue weighted by Gasteiger charge is 2.27. The molecule has 1 aromatic carbocycles. The molecule has 3 unspecified atom stereocenters. The molecule has 1 aromatic rings. The molecule has 144 valence electrons. The summed E-state index contributed by atoms with van der Waals surface area (Å²) in [5.41, 5.74) is 6.15. The third-order valence-corrected chi connectivity index (χ3v) is 4.42. The lowest BCUT2D eigenvalue weighted by molar-refractivity contribution is -0.130. The van der Waals surface area contributed by atoms with Crippen LogP contribution in [0.25, 0.3) is 0 Å². The lowest BCUT2D eigenvalue weighted by atomic mass is 9.96. The van der Waals surface area contributed by atoms with Crippen molar-refractivity contribution in [1.29, 1.82) is 0 Å². The molecule has 2 amide bonds. The van der Waals surface area contributed by atoms with Crippen LogP contribution in [0.2, 0.25) is 0 Å². The van der Waals surface area contributed by atoms with Crippen molar-refractivity contribution in [1.82, 2.24) is 10.6 Å². The lowest BCUT2D eigenvalue weighted by Gasteiger charge is -2.24. The fourth-order valence-corrected chi connectivity index (χ4v) is 2.49. The number of hydrogen-bond donors (Lipinski definition) is 4. The second-order valence-corrected chi connectivity index (χ2v) is 6.39. The summed E-state index contributed by atoms with van der Waals surface area (Å²) in [6, 6.07) is 8.50. The molecule has 0 bridgehead atoms. The van der Waals surface area contributed by atoms with Crippen molar-refractivity contribution < 1.29 is 19.5 Å². The molecule has 5 N–H and O–H groups in total. The molecule has 0 aromatic heterocycles. The Morgan fingerprint density at radius 2 is 1.85 bits per heavy atom. The van der Waals surface area contributed by atoms with E-state index in [-0.39, 0.29) is 43.7 Å². The van der Waals surface area contributed by atoms with Gasteiger partial charge in [0.25, 0.3) is 0 Å². The maximum atomic E-state index is 12.4. The number of carbonyl (C=O) groups is 3. The zero-order valence-corrected chi connectivity index (χ0v) is 15.4. The van der Waals surface area contributed by atoms with Gasteiger partial charge >= 0.3 is 0 Å². The summed E-state index contributed by atoms with van der Waals surface area (Å²) in [4.78, 5) is 36.3. The number of nitrogens with one attached hydrogen (secondary N) is 2. The minimum absolute atomic E-state index is 0.0203.